The second kappa shape index (κ2) is 13.1. The largest absolute Gasteiger partial charge is 0.550 e. The Morgan fingerprint density at radius 2 is 1.76 bits per heavy atom. The van der Waals surface area contributed by atoms with Crippen LogP contribution in [0, 0.1) is 5.82 Å². The van der Waals surface area contributed by atoms with E-state index in [1.807, 2.05) is 30.5 Å². The van der Waals surface area contributed by atoms with Crippen LogP contribution >= 0.6 is 0 Å². The first-order chi connectivity index (χ1) is 17.7. The molecule has 0 spiro atoms. The number of nitrogens with one attached hydrogen (secondary N) is 1. The lowest BCUT2D eigenvalue weighted by Crippen LogP contribution is -2.30. The predicted octanol–water partition coefficient (Wildman–Crippen LogP) is 1.82. The average Bonchev–Trinajstić information content (AvgIpc) is 3.23. The van der Waals surface area contributed by atoms with E-state index in [1.165, 1.54) is 12.1 Å². The molecule has 0 saturated heterocycles. The van der Waals surface area contributed by atoms with Crippen LogP contribution in [0.1, 0.15) is 60.8 Å². The van der Waals surface area contributed by atoms with Gasteiger partial charge in [0.05, 0.1) is 17.9 Å². The van der Waals surface area contributed by atoms with Crippen molar-refractivity contribution in [2.24, 2.45) is 0 Å². The fourth-order valence-corrected chi connectivity index (χ4v) is 4.20. The molecule has 3 rings (SSSR count). The summed E-state index contributed by atoms with van der Waals surface area (Å²) in [6.45, 7) is 4.50. The minimum atomic E-state index is -1.39. The maximum Gasteiger partial charge on any atom is 0.271 e. The fraction of sp³-hybridized carbons (Fsp3) is 0.407. The number of pyridine rings is 1. The normalized spacial score (nSPS) is 12.9. The number of carbonyl (C=O) groups excluding carboxylic acids is 2. The molecule has 2 atom stereocenters. The number of carbonyl (C=O) groups is 2. The molecule has 3 aromatic rings. The number of amides is 1. The standard InChI is InChI=1S/C27H33FN4O5/c1-17(2)25-24(27(37)30-13-9-18-7-11-29-12-8-18)31-26(19-3-5-20(28)6-4-19)32(25)14-10-21(33)15-22(34)16-23(35)36/h3-8,11-12,17,21-22,33-34H,9-10,13-16H2,1-2H3,(H,30,37)(H,35,36)/p-1/t21-,22-/m1/s1. The number of carboxylic acid groups (broad SMARTS) is 1. The molecule has 0 unspecified atom stereocenters. The Kier molecular flexibility index (Phi) is 9.87. The number of aliphatic carboxylic acids is 1. The molecule has 37 heavy (non-hydrogen) atoms. The molecular formula is C27H32FN4O5-. The van der Waals surface area contributed by atoms with Crippen molar-refractivity contribution < 1.29 is 29.3 Å². The second-order valence-corrected chi connectivity index (χ2v) is 9.25. The zero-order valence-electron chi connectivity index (χ0n) is 20.9. The maximum atomic E-state index is 13.6. The van der Waals surface area contributed by atoms with Gasteiger partial charge in [-0.2, -0.15) is 0 Å². The van der Waals surface area contributed by atoms with Crippen molar-refractivity contribution in [2.75, 3.05) is 6.54 Å². The van der Waals surface area contributed by atoms with E-state index in [0.29, 0.717) is 30.0 Å². The zero-order valence-corrected chi connectivity index (χ0v) is 20.9. The van der Waals surface area contributed by atoms with Crippen LogP contribution in [0.3, 0.4) is 0 Å². The molecule has 2 aromatic heterocycles. The van der Waals surface area contributed by atoms with Crippen LogP contribution in [-0.4, -0.2) is 55.4 Å². The summed E-state index contributed by atoms with van der Waals surface area (Å²) in [5.41, 5.74) is 2.54. The number of aliphatic hydroxyl groups is 2. The van der Waals surface area contributed by atoms with Gasteiger partial charge in [0.15, 0.2) is 0 Å². The first-order valence-electron chi connectivity index (χ1n) is 12.2. The highest BCUT2D eigenvalue weighted by atomic mass is 19.1. The van der Waals surface area contributed by atoms with Gasteiger partial charge in [-0.25, -0.2) is 9.37 Å². The van der Waals surface area contributed by atoms with Gasteiger partial charge in [-0.15, -0.1) is 0 Å². The summed E-state index contributed by atoms with van der Waals surface area (Å²) in [7, 11) is 0. The van der Waals surface area contributed by atoms with Gasteiger partial charge in [0.25, 0.3) is 5.91 Å². The highest BCUT2D eigenvalue weighted by Gasteiger charge is 2.26. The van der Waals surface area contributed by atoms with E-state index in [2.05, 4.69) is 15.3 Å². The molecule has 1 aromatic carbocycles. The van der Waals surface area contributed by atoms with Crippen LogP contribution in [-0.2, 0) is 17.8 Å². The van der Waals surface area contributed by atoms with E-state index in [4.69, 9.17) is 0 Å². The minimum absolute atomic E-state index is 0.108. The Bertz CT molecular complexity index is 1180. The van der Waals surface area contributed by atoms with Crippen molar-refractivity contribution in [3.63, 3.8) is 0 Å². The highest BCUT2D eigenvalue weighted by molar-refractivity contribution is 5.94. The summed E-state index contributed by atoms with van der Waals surface area (Å²) in [6, 6.07) is 9.52. The van der Waals surface area contributed by atoms with Crippen LogP contribution in [0.2, 0.25) is 0 Å². The van der Waals surface area contributed by atoms with E-state index >= 15 is 0 Å². The number of imidazole rings is 1. The molecule has 10 heteroatoms. The number of hydrogen-bond donors (Lipinski definition) is 3. The van der Waals surface area contributed by atoms with Crippen molar-refractivity contribution in [1.82, 2.24) is 19.9 Å². The van der Waals surface area contributed by atoms with Gasteiger partial charge in [0, 0.05) is 43.4 Å². The minimum Gasteiger partial charge on any atom is -0.550 e. The van der Waals surface area contributed by atoms with Crippen molar-refractivity contribution in [2.45, 2.75) is 64.2 Å². The molecule has 0 bridgehead atoms. The van der Waals surface area contributed by atoms with Gasteiger partial charge in [0.2, 0.25) is 0 Å². The number of rotatable bonds is 13. The van der Waals surface area contributed by atoms with Gasteiger partial charge in [0.1, 0.15) is 17.3 Å². The summed E-state index contributed by atoms with van der Waals surface area (Å²) in [5.74, 6) is -1.80. The zero-order chi connectivity index (χ0) is 26.9. The van der Waals surface area contributed by atoms with Crippen LogP contribution in [0.15, 0.2) is 48.8 Å². The Morgan fingerprint density at radius 1 is 1.08 bits per heavy atom. The molecule has 2 heterocycles. The molecule has 0 saturated carbocycles. The number of aliphatic hydroxyl groups excluding tert-OH is 2. The number of hydrogen-bond acceptors (Lipinski definition) is 7. The lowest BCUT2D eigenvalue weighted by Gasteiger charge is -2.19. The van der Waals surface area contributed by atoms with Crippen LogP contribution < -0.4 is 10.4 Å². The average molecular weight is 512 g/mol. The predicted molar refractivity (Wildman–Crippen MR) is 133 cm³/mol. The monoisotopic (exact) mass is 511 g/mol. The summed E-state index contributed by atoms with van der Waals surface area (Å²) < 4.78 is 15.4. The van der Waals surface area contributed by atoms with E-state index in [9.17, 15) is 29.3 Å². The van der Waals surface area contributed by atoms with Gasteiger partial charge in [-0.3, -0.25) is 9.78 Å². The van der Waals surface area contributed by atoms with Crippen LogP contribution in [0.4, 0.5) is 4.39 Å². The lowest BCUT2D eigenvalue weighted by molar-refractivity contribution is -0.307. The molecular weight excluding hydrogens is 479 g/mol. The Balaban J connectivity index is 1.85. The third kappa shape index (κ3) is 7.93. The Hall–Kier alpha value is -3.63. The number of carboxylic acids is 1. The van der Waals surface area contributed by atoms with Crippen LogP contribution in [0.5, 0.6) is 0 Å². The van der Waals surface area contributed by atoms with Crippen molar-refractivity contribution in [3.8, 4) is 11.4 Å². The SMILES string of the molecule is CC(C)c1c(C(=O)NCCc2ccncc2)nc(-c2ccc(F)cc2)n1CC[C@@H](O)C[C@@H](O)CC(=O)[O-]. The molecule has 3 N–H and O–H groups in total. The van der Waals surface area contributed by atoms with Gasteiger partial charge >= 0.3 is 0 Å². The summed E-state index contributed by atoms with van der Waals surface area (Å²) in [5, 5.41) is 33.9. The maximum absolute atomic E-state index is 13.6. The first-order valence-corrected chi connectivity index (χ1v) is 12.2. The van der Waals surface area contributed by atoms with Crippen molar-refractivity contribution in [3.05, 3.63) is 71.6 Å². The fourth-order valence-electron chi connectivity index (χ4n) is 4.20. The molecule has 0 aliphatic carbocycles. The van der Waals surface area contributed by atoms with E-state index < -0.39 is 30.4 Å². The van der Waals surface area contributed by atoms with Crippen molar-refractivity contribution >= 4 is 11.9 Å². The topological polar surface area (TPSA) is 140 Å². The lowest BCUT2D eigenvalue weighted by atomic mass is 10.0. The van der Waals surface area contributed by atoms with Gasteiger partial charge in [-0.05, 0) is 67.1 Å². The number of aromatic nitrogens is 3. The molecule has 1 amide bonds. The van der Waals surface area contributed by atoms with Crippen LogP contribution in [0.25, 0.3) is 11.4 Å². The summed E-state index contributed by atoms with van der Waals surface area (Å²) in [4.78, 5) is 32.5. The highest BCUT2D eigenvalue weighted by Crippen LogP contribution is 2.29. The van der Waals surface area contributed by atoms with E-state index in [0.717, 1.165) is 5.56 Å². The summed E-state index contributed by atoms with van der Waals surface area (Å²) in [6.07, 6.45) is 1.26. The third-order valence-corrected chi connectivity index (χ3v) is 5.95. The number of nitrogens with zero attached hydrogens (tertiary/aromatic N) is 3. The Morgan fingerprint density at radius 3 is 2.38 bits per heavy atom. The molecule has 0 aliphatic heterocycles. The Labute approximate surface area is 215 Å². The van der Waals surface area contributed by atoms with E-state index in [1.54, 1.807) is 24.5 Å². The molecule has 0 fully saturated rings. The molecule has 0 aliphatic rings. The van der Waals surface area contributed by atoms with Gasteiger partial charge < -0.3 is 30.0 Å². The molecule has 198 valence electrons. The first kappa shape index (κ1) is 27.9. The quantitative estimate of drug-likeness (QED) is 0.318. The smallest absolute Gasteiger partial charge is 0.271 e. The molecule has 0 radical (unpaired) electrons. The second-order valence-electron chi connectivity index (χ2n) is 9.25. The number of benzene rings is 1. The van der Waals surface area contributed by atoms with Gasteiger partial charge in [-0.1, -0.05) is 13.8 Å². The van der Waals surface area contributed by atoms with Crippen molar-refractivity contribution in [1.29, 1.82) is 0 Å². The van der Waals surface area contributed by atoms with E-state index in [-0.39, 0.29) is 36.9 Å². The third-order valence-electron chi connectivity index (χ3n) is 5.95. The molecule has 9 nitrogen and oxygen atoms in total. The summed E-state index contributed by atoms with van der Waals surface area (Å²) >= 11 is 0. The number of halogens is 1.